The Kier molecular flexibility index (Phi) is 9.99. The quantitative estimate of drug-likeness (QED) is 0.357. The Hall–Kier alpha value is -1.55. The number of rotatable bonds is 6. The normalized spacial score (nSPS) is 19.7. The first kappa shape index (κ1) is 23.7. The number of hydrogen-bond donors (Lipinski definition) is 1. The maximum atomic E-state index is 12.5. The van der Waals surface area contributed by atoms with E-state index in [1.54, 1.807) is 7.05 Å². The van der Waals surface area contributed by atoms with Crippen molar-refractivity contribution in [2.24, 2.45) is 4.99 Å². The second-order valence-corrected chi connectivity index (χ2v) is 7.08. The Labute approximate surface area is 190 Å². The molecule has 0 bridgehead atoms. The van der Waals surface area contributed by atoms with Crippen molar-refractivity contribution in [3.05, 3.63) is 29.8 Å². The first-order valence-electron chi connectivity index (χ1n) is 10.3. The number of piperazine rings is 1. The van der Waals surface area contributed by atoms with E-state index in [0.29, 0.717) is 26.3 Å². The minimum atomic E-state index is -0.227. The number of hydrogen-bond acceptors (Lipinski definition) is 4. The lowest BCUT2D eigenvalue weighted by molar-refractivity contribution is -0.142. The van der Waals surface area contributed by atoms with Crippen molar-refractivity contribution in [1.82, 2.24) is 15.1 Å². The van der Waals surface area contributed by atoms with Crippen LogP contribution in [0.4, 0.5) is 0 Å². The Morgan fingerprint density at radius 1 is 1.24 bits per heavy atom. The van der Waals surface area contributed by atoms with E-state index in [4.69, 9.17) is 9.47 Å². The van der Waals surface area contributed by atoms with Crippen molar-refractivity contribution in [2.75, 3.05) is 53.0 Å². The molecule has 1 aromatic carbocycles. The largest absolute Gasteiger partial charge is 0.494 e. The van der Waals surface area contributed by atoms with Gasteiger partial charge in [0.15, 0.2) is 5.96 Å². The third kappa shape index (κ3) is 6.47. The van der Waals surface area contributed by atoms with Crippen molar-refractivity contribution in [3.63, 3.8) is 0 Å². The molecule has 29 heavy (non-hydrogen) atoms. The third-order valence-electron chi connectivity index (χ3n) is 5.26. The lowest BCUT2D eigenvalue weighted by atomic mass is 10.1. The zero-order valence-electron chi connectivity index (χ0n) is 17.4. The van der Waals surface area contributed by atoms with Crippen LogP contribution in [0.3, 0.4) is 0 Å². The molecule has 8 heteroatoms. The van der Waals surface area contributed by atoms with E-state index in [9.17, 15) is 4.79 Å². The van der Waals surface area contributed by atoms with E-state index in [-0.39, 0.29) is 36.0 Å². The predicted molar refractivity (Wildman–Crippen MR) is 125 cm³/mol. The molecule has 0 aromatic heterocycles. The number of nitrogens with one attached hydrogen (secondary N) is 1. The van der Waals surface area contributed by atoms with Crippen LogP contribution in [0.2, 0.25) is 0 Å². The maximum Gasteiger partial charge on any atom is 0.251 e. The van der Waals surface area contributed by atoms with Gasteiger partial charge in [0, 0.05) is 46.4 Å². The first-order valence-corrected chi connectivity index (χ1v) is 10.3. The molecule has 2 saturated heterocycles. The van der Waals surface area contributed by atoms with E-state index < -0.39 is 0 Å². The number of carbonyl (C=O) groups excluding carboxylic acids is 1. The number of halogens is 1. The van der Waals surface area contributed by atoms with Crippen LogP contribution in [0.15, 0.2) is 29.3 Å². The summed E-state index contributed by atoms with van der Waals surface area (Å²) in [6.45, 7) is 7.16. The van der Waals surface area contributed by atoms with Crippen LogP contribution < -0.4 is 10.1 Å². The lowest BCUT2D eigenvalue weighted by Crippen LogP contribution is -2.55. The predicted octanol–water partition coefficient (Wildman–Crippen LogP) is 2.14. The molecule has 0 spiro atoms. The highest BCUT2D eigenvalue weighted by molar-refractivity contribution is 14.0. The lowest BCUT2D eigenvalue weighted by Gasteiger charge is -2.37. The molecule has 2 heterocycles. The second kappa shape index (κ2) is 12.2. The summed E-state index contributed by atoms with van der Waals surface area (Å²) in [5, 5.41) is 3.45. The van der Waals surface area contributed by atoms with Crippen LogP contribution in [-0.4, -0.2) is 80.8 Å². The van der Waals surface area contributed by atoms with Gasteiger partial charge in [0.25, 0.3) is 5.91 Å². The highest BCUT2D eigenvalue weighted by Crippen LogP contribution is 2.18. The molecular weight excluding hydrogens is 483 g/mol. The van der Waals surface area contributed by atoms with Gasteiger partial charge < -0.3 is 24.6 Å². The van der Waals surface area contributed by atoms with Gasteiger partial charge in [-0.2, -0.15) is 0 Å². The Morgan fingerprint density at radius 3 is 2.62 bits per heavy atom. The van der Waals surface area contributed by atoms with Crippen molar-refractivity contribution in [1.29, 1.82) is 0 Å². The number of guanidine groups is 1. The molecule has 0 saturated carbocycles. The Bertz CT molecular complexity index is 672. The van der Waals surface area contributed by atoms with Crippen molar-refractivity contribution < 1.29 is 14.3 Å². The standard InChI is InChI=1S/C21H32N4O3.HI/c1-3-27-18-8-5-4-7-17(18)10-11-23-21(22-2)25-14-12-24(13-15-25)20(26)19-9-6-16-28-19;/h4-5,7-8,19H,3,6,9-16H2,1-2H3,(H,22,23);1H. The molecule has 162 valence electrons. The van der Waals surface area contributed by atoms with Gasteiger partial charge in [0.1, 0.15) is 11.9 Å². The van der Waals surface area contributed by atoms with E-state index in [1.807, 2.05) is 30.0 Å². The van der Waals surface area contributed by atoms with Crippen LogP contribution in [0, 0.1) is 0 Å². The minimum absolute atomic E-state index is 0. The van der Waals surface area contributed by atoms with Crippen LogP contribution in [-0.2, 0) is 16.0 Å². The fourth-order valence-electron chi connectivity index (χ4n) is 3.76. The molecule has 0 aliphatic carbocycles. The number of nitrogens with zero attached hydrogens (tertiary/aromatic N) is 3. The van der Waals surface area contributed by atoms with Gasteiger partial charge in [-0.05, 0) is 37.8 Å². The topological polar surface area (TPSA) is 66.4 Å². The highest BCUT2D eigenvalue weighted by Gasteiger charge is 2.30. The molecule has 0 radical (unpaired) electrons. The van der Waals surface area contributed by atoms with Crippen molar-refractivity contribution in [3.8, 4) is 5.75 Å². The number of ether oxygens (including phenoxy) is 2. The van der Waals surface area contributed by atoms with Crippen LogP contribution in [0.25, 0.3) is 0 Å². The minimum Gasteiger partial charge on any atom is -0.494 e. The molecule has 1 atom stereocenters. The van der Waals surface area contributed by atoms with Gasteiger partial charge in [-0.3, -0.25) is 9.79 Å². The number of benzene rings is 1. The Balaban J connectivity index is 0.00000300. The average Bonchev–Trinajstić information content (AvgIpc) is 3.27. The molecule has 2 fully saturated rings. The zero-order chi connectivity index (χ0) is 19.8. The number of para-hydroxylation sites is 1. The average molecular weight is 516 g/mol. The van der Waals surface area contributed by atoms with Gasteiger partial charge in [-0.25, -0.2) is 0 Å². The van der Waals surface area contributed by atoms with Gasteiger partial charge in [-0.15, -0.1) is 24.0 Å². The Morgan fingerprint density at radius 2 is 1.97 bits per heavy atom. The summed E-state index contributed by atoms with van der Waals surface area (Å²) < 4.78 is 11.2. The fourth-order valence-corrected chi connectivity index (χ4v) is 3.76. The maximum absolute atomic E-state index is 12.5. The molecule has 1 amide bonds. The van der Waals surface area contributed by atoms with Crippen molar-refractivity contribution in [2.45, 2.75) is 32.3 Å². The third-order valence-corrected chi connectivity index (χ3v) is 5.26. The molecular formula is C21H33IN4O3. The van der Waals surface area contributed by atoms with E-state index >= 15 is 0 Å². The molecule has 1 unspecified atom stereocenters. The second-order valence-electron chi connectivity index (χ2n) is 7.08. The van der Waals surface area contributed by atoms with E-state index in [1.165, 1.54) is 5.56 Å². The number of amides is 1. The zero-order valence-corrected chi connectivity index (χ0v) is 19.8. The molecule has 1 aromatic rings. The van der Waals surface area contributed by atoms with Gasteiger partial charge in [-0.1, -0.05) is 18.2 Å². The highest BCUT2D eigenvalue weighted by atomic mass is 127. The van der Waals surface area contributed by atoms with E-state index in [0.717, 1.165) is 50.6 Å². The fraction of sp³-hybridized carbons (Fsp3) is 0.619. The summed E-state index contributed by atoms with van der Waals surface area (Å²) in [5.41, 5.74) is 1.19. The monoisotopic (exact) mass is 516 g/mol. The first-order chi connectivity index (χ1) is 13.7. The summed E-state index contributed by atoms with van der Waals surface area (Å²) in [6, 6.07) is 8.15. The molecule has 2 aliphatic rings. The number of aliphatic imine (C=N–C) groups is 1. The smallest absolute Gasteiger partial charge is 0.251 e. The van der Waals surface area contributed by atoms with Gasteiger partial charge in [0.05, 0.1) is 6.61 Å². The van der Waals surface area contributed by atoms with Crippen molar-refractivity contribution >= 4 is 35.8 Å². The van der Waals surface area contributed by atoms with Gasteiger partial charge >= 0.3 is 0 Å². The van der Waals surface area contributed by atoms with Crippen LogP contribution in [0.1, 0.15) is 25.3 Å². The number of carbonyl (C=O) groups is 1. The van der Waals surface area contributed by atoms with E-state index in [2.05, 4.69) is 21.3 Å². The molecule has 1 N–H and O–H groups in total. The van der Waals surface area contributed by atoms with Crippen LogP contribution >= 0.6 is 24.0 Å². The SMILES string of the molecule is CCOc1ccccc1CCNC(=NC)N1CCN(C(=O)C2CCCO2)CC1.I. The molecule has 7 nitrogen and oxygen atoms in total. The van der Waals surface area contributed by atoms with Gasteiger partial charge in [0.2, 0.25) is 0 Å². The summed E-state index contributed by atoms with van der Waals surface area (Å²) in [5.74, 6) is 1.98. The summed E-state index contributed by atoms with van der Waals surface area (Å²) in [6.07, 6.45) is 2.48. The molecule has 2 aliphatic heterocycles. The molecule has 3 rings (SSSR count). The summed E-state index contributed by atoms with van der Waals surface area (Å²) in [7, 11) is 1.81. The summed E-state index contributed by atoms with van der Waals surface area (Å²) >= 11 is 0. The van der Waals surface area contributed by atoms with Crippen LogP contribution in [0.5, 0.6) is 5.75 Å². The summed E-state index contributed by atoms with van der Waals surface area (Å²) in [4.78, 5) is 21.1.